The number of nitrogens with one attached hydrogen (secondary N) is 2. The lowest BCUT2D eigenvalue weighted by molar-refractivity contribution is 0.353. The Morgan fingerprint density at radius 3 is 2.89 bits per heavy atom. The van der Waals surface area contributed by atoms with Crippen LogP contribution in [0.25, 0.3) is 22.2 Å². The molecular formula is C23H26FN3. The number of aromatic nitrogens is 1. The summed E-state index contributed by atoms with van der Waals surface area (Å²) in [7, 11) is 0. The number of fused-ring (bicyclic) bond motifs is 1. The van der Waals surface area contributed by atoms with E-state index in [0.717, 1.165) is 53.3 Å². The number of benzene rings is 2. The fourth-order valence-electron chi connectivity index (χ4n) is 3.90. The van der Waals surface area contributed by atoms with Gasteiger partial charge in [0.15, 0.2) is 0 Å². The molecule has 0 bridgehead atoms. The monoisotopic (exact) mass is 363 g/mol. The van der Waals surface area contributed by atoms with Crippen molar-refractivity contribution in [1.29, 1.82) is 0 Å². The van der Waals surface area contributed by atoms with E-state index in [0.29, 0.717) is 0 Å². The Morgan fingerprint density at radius 1 is 1.11 bits per heavy atom. The van der Waals surface area contributed by atoms with Gasteiger partial charge in [-0.15, -0.1) is 0 Å². The number of nitrogens with zero attached hydrogens (tertiary/aromatic N) is 1. The molecule has 0 aliphatic carbocycles. The van der Waals surface area contributed by atoms with Crippen LogP contribution in [0.3, 0.4) is 0 Å². The third-order valence-electron chi connectivity index (χ3n) is 5.34. The Morgan fingerprint density at radius 2 is 2.04 bits per heavy atom. The number of pyridine rings is 1. The van der Waals surface area contributed by atoms with Gasteiger partial charge in [-0.1, -0.05) is 30.3 Å². The number of hydrogen-bond acceptors (Lipinski definition) is 3. The SMILES string of the molecule is Fc1cccc(-c2cc(NCCCC3CCCNC3)c3ccccc3n2)c1. The minimum Gasteiger partial charge on any atom is -0.384 e. The summed E-state index contributed by atoms with van der Waals surface area (Å²) >= 11 is 0. The van der Waals surface area contributed by atoms with Crippen LogP contribution in [0.5, 0.6) is 0 Å². The summed E-state index contributed by atoms with van der Waals surface area (Å²) in [6.45, 7) is 3.26. The van der Waals surface area contributed by atoms with Crippen molar-refractivity contribution in [2.75, 3.05) is 25.0 Å². The fourth-order valence-corrected chi connectivity index (χ4v) is 3.90. The Balaban J connectivity index is 1.51. The minimum atomic E-state index is -0.238. The van der Waals surface area contributed by atoms with E-state index >= 15 is 0 Å². The normalized spacial score (nSPS) is 17.1. The topological polar surface area (TPSA) is 37.0 Å². The zero-order valence-electron chi connectivity index (χ0n) is 15.5. The van der Waals surface area contributed by atoms with Crippen LogP contribution in [0.15, 0.2) is 54.6 Å². The predicted molar refractivity (Wildman–Crippen MR) is 110 cm³/mol. The smallest absolute Gasteiger partial charge is 0.123 e. The van der Waals surface area contributed by atoms with Gasteiger partial charge in [-0.3, -0.25) is 0 Å². The first-order valence-corrected chi connectivity index (χ1v) is 9.90. The molecule has 4 heteroatoms. The average Bonchev–Trinajstić information content (AvgIpc) is 2.71. The Labute approximate surface area is 160 Å². The third kappa shape index (κ3) is 4.45. The molecule has 2 aromatic carbocycles. The molecule has 2 heterocycles. The van der Waals surface area contributed by atoms with E-state index < -0.39 is 0 Å². The lowest BCUT2D eigenvalue weighted by atomic mass is 9.95. The van der Waals surface area contributed by atoms with E-state index in [1.54, 1.807) is 6.07 Å². The van der Waals surface area contributed by atoms with Gasteiger partial charge in [0.1, 0.15) is 5.82 Å². The highest BCUT2D eigenvalue weighted by atomic mass is 19.1. The zero-order valence-corrected chi connectivity index (χ0v) is 15.5. The molecule has 1 fully saturated rings. The second kappa shape index (κ2) is 8.49. The summed E-state index contributed by atoms with van der Waals surface area (Å²) in [6, 6.07) is 16.8. The van der Waals surface area contributed by atoms with Gasteiger partial charge < -0.3 is 10.6 Å². The molecule has 1 aliphatic rings. The molecule has 140 valence electrons. The second-order valence-corrected chi connectivity index (χ2v) is 7.36. The molecule has 1 aliphatic heterocycles. The molecule has 3 aromatic rings. The highest BCUT2D eigenvalue weighted by Crippen LogP contribution is 2.28. The maximum atomic E-state index is 13.6. The molecule has 1 saturated heterocycles. The Hall–Kier alpha value is -2.46. The van der Waals surface area contributed by atoms with Crippen molar-refractivity contribution < 1.29 is 4.39 Å². The first-order chi connectivity index (χ1) is 13.3. The average molecular weight is 363 g/mol. The van der Waals surface area contributed by atoms with E-state index in [1.807, 2.05) is 30.3 Å². The lowest BCUT2D eigenvalue weighted by Gasteiger charge is -2.22. The summed E-state index contributed by atoms with van der Waals surface area (Å²) in [6.07, 6.45) is 5.04. The maximum Gasteiger partial charge on any atom is 0.123 e. The number of para-hydroxylation sites is 1. The molecule has 4 rings (SSSR count). The minimum absolute atomic E-state index is 0.238. The lowest BCUT2D eigenvalue weighted by Crippen LogP contribution is -2.29. The molecule has 0 radical (unpaired) electrons. The number of piperidine rings is 1. The number of hydrogen-bond donors (Lipinski definition) is 2. The van der Waals surface area contributed by atoms with Gasteiger partial charge in [0.25, 0.3) is 0 Å². The first kappa shape index (κ1) is 17.9. The van der Waals surface area contributed by atoms with Crippen LogP contribution in [0, 0.1) is 11.7 Å². The van der Waals surface area contributed by atoms with Crippen LogP contribution in [-0.4, -0.2) is 24.6 Å². The number of anilines is 1. The number of halogens is 1. The molecule has 0 spiro atoms. The Kier molecular flexibility index (Phi) is 5.64. The van der Waals surface area contributed by atoms with Crippen molar-refractivity contribution in [3.63, 3.8) is 0 Å². The quantitative estimate of drug-likeness (QED) is 0.589. The number of rotatable bonds is 6. The van der Waals surface area contributed by atoms with Crippen LogP contribution < -0.4 is 10.6 Å². The zero-order chi connectivity index (χ0) is 18.5. The molecule has 1 unspecified atom stereocenters. The van der Waals surface area contributed by atoms with Crippen LogP contribution in [0.1, 0.15) is 25.7 Å². The molecule has 0 amide bonds. The van der Waals surface area contributed by atoms with Crippen molar-refractivity contribution in [3.8, 4) is 11.3 Å². The van der Waals surface area contributed by atoms with Crippen LogP contribution in [0.2, 0.25) is 0 Å². The molecule has 1 aromatic heterocycles. The fraction of sp³-hybridized carbons (Fsp3) is 0.348. The van der Waals surface area contributed by atoms with Gasteiger partial charge in [0.2, 0.25) is 0 Å². The van der Waals surface area contributed by atoms with Crippen LogP contribution >= 0.6 is 0 Å². The van der Waals surface area contributed by atoms with E-state index in [-0.39, 0.29) is 5.82 Å². The molecular weight excluding hydrogens is 337 g/mol. The van der Waals surface area contributed by atoms with Gasteiger partial charge in [0.05, 0.1) is 11.2 Å². The van der Waals surface area contributed by atoms with Crippen molar-refractivity contribution >= 4 is 16.6 Å². The maximum absolute atomic E-state index is 13.6. The highest BCUT2D eigenvalue weighted by molar-refractivity contribution is 5.93. The standard InChI is InChI=1S/C23H26FN3/c24-19-9-3-8-18(14-19)22-15-23(20-10-1-2-11-21(20)27-22)26-13-5-7-17-6-4-12-25-16-17/h1-3,8-11,14-15,17,25H,4-7,12-13,16H2,(H,26,27). The highest BCUT2D eigenvalue weighted by Gasteiger charge is 2.12. The largest absolute Gasteiger partial charge is 0.384 e. The van der Waals surface area contributed by atoms with Gasteiger partial charge in [-0.05, 0) is 69.0 Å². The molecule has 0 saturated carbocycles. The third-order valence-corrected chi connectivity index (χ3v) is 5.34. The van der Waals surface area contributed by atoms with Crippen molar-refractivity contribution in [1.82, 2.24) is 10.3 Å². The van der Waals surface area contributed by atoms with Crippen molar-refractivity contribution in [2.24, 2.45) is 5.92 Å². The predicted octanol–water partition coefficient (Wildman–Crippen LogP) is 5.23. The van der Waals surface area contributed by atoms with Crippen LogP contribution in [-0.2, 0) is 0 Å². The van der Waals surface area contributed by atoms with Crippen molar-refractivity contribution in [3.05, 3.63) is 60.4 Å². The van der Waals surface area contributed by atoms with E-state index in [4.69, 9.17) is 4.98 Å². The second-order valence-electron chi connectivity index (χ2n) is 7.36. The van der Waals surface area contributed by atoms with Crippen molar-refractivity contribution in [2.45, 2.75) is 25.7 Å². The van der Waals surface area contributed by atoms with Gasteiger partial charge >= 0.3 is 0 Å². The van der Waals surface area contributed by atoms with Gasteiger partial charge in [-0.2, -0.15) is 0 Å². The van der Waals surface area contributed by atoms with E-state index in [9.17, 15) is 4.39 Å². The Bertz CT molecular complexity index is 903. The van der Waals surface area contributed by atoms with E-state index in [1.165, 1.54) is 37.9 Å². The molecule has 27 heavy (non-hydrogen) atoms. The molecule has 1 atom stereocenters. The summed E-state index contributed by atoms with van der Waals surface area (Å²) in [5.74, 6) is 0.565. The van der Waals surface area contributed by atoms with Crippen LogP contribution in [0.4, 0.5) is 10.1 Å². The first-order valence-electron chi connectivity index (χ1n) is 9.90. The van der Waals surface area contributed by atoms with Gasteiger partial charge in [0, 0.05) is 23.2 Å². The molecule has 2 N–H and O–H groups in total. The summed E-state index contributed by atoms with van der Waals surface area (Å²) in [5, 5.41) is 8.19. The summed E-state index contributed by atoms with van der Waals surface area (Å²) in [5.41, 5.74) is 3.60. The van der Waals surface area contributed by atoms with E-state index in [2.05, 4.69) is 16.7 Å². The molecule has 3 nitrogen and oxygen atoms in total. The summed E-state index contributed by atoms with van der Waals surface area (Å²) in [4.78, 5) is 4.73. The summed E-state index contributed by atoms with van der Waals surface area (Å²) < 4.78 is 13.6. The van der Waals surface area contributed by atoms with Gasteiger partial charge in [-0.25, -0.2) is 9.37 Å².